The van der Waals surface area contributed by atoms with Crippen LogP contribution in [0.25, 0.3) is 0 Å². The fraction of sp³-hybridized carbons (Fsp3) is 0.676. The molecule has 0 saturated heterocycles. The van der Waals surface area contributed by atoms with Crippen molar-refractivity contribution in [1.29, 1.82) is 0 Å². The van der Waals surface area contributed by atoms with E-state index in [1.807, 2.05) is 18.2 Å². The molecule has 0 spiro atoms. The summed E-state index contributed by atoms with van der Waals surface area (Å²) in [5, 5.41) is 0. The highest BCUT2D eigenvalue weighted by Gasteiger charge is 2.24. The lowest BCUT2D eigenvalue weighted by Gasteiger charge is -2.28. The molecule has 0 bridgehead atoms. The van der Waals surface area contributed by atoms with Crippen molar-refractivity contribution in [2.24, 2.45) is 17.8 Å². The number of ether oxygens (including phenoxy) is 1. The van der Waals surface area contributed by atoms with E-state index < -0.39 is 0 Å². The van der Waals surface area contributed by atoms with Gasteiger partial charge in [-0.05, 0) is 87.3 Å². The summed E-state index contributed by atoms with van der Waals surface area (Å²) in [5.41, 5.74) is 2.91. The van der Waals surface area contributed by atoms with Crippen LogP contribution < -0.4 is 4.74 Å². The maximum atomic E-state index is 12.7. The number of hydrogen-bond acceptors (Lipinski definition) is 2. The van der Waals surface area contributed by atoms with Gasteiger partial charge in [0.05, 0.1) is 5.92 Å². The second kappa shape index (κ2) is 16.8. The molecule has 0 aliphatic heterocycles. The highest BCUT2D eigenvalue weighted by molar-refractivity contribution is 5.75. The maximum Gasteiger partial charge on any atom is 0.314 e. The number of esters is 1. The maximum absolute atomic E-state index is 12.7. The Bertz CT molecular complexity index is 782. The van der Waals surface area contributed by atoms with E-state index in [0.717, 1.165) is 43.9 Å². The predicted octanol–water partition coefficient (Wildman–Crippen LogP) is 10.2. The van der Waals surface area contributed by atoms with Gasteiger partial charge in [-0.3, -0.25) is 4.79 Å². The van der Waals surface area contributed by atoms with E-state index in [1.54, 1.807) is 0 Å². The van der Waals surface area contributed by atoms with Crippen LogP contribution in [0.3, 0.4) is 0 Å². The van der Waals surface area contributed by atoms with Crippen molar-refractivity contribution in [3.8, 4) is 5.75 Å². The zero-order valence-corrected chi connectivity index (χ0v) is 23.2. The summed E-state index contributed by atoms with van der Waals surface area (Å²) in [5.74, 6) is 2.54. The van der Waals surface area contributed by atoms with Crippen LogP contribution in [0.1, 0.15) is 128 Å². The molecular weight excluding hydrogens is 440 g/mol. The van der Waals surface area contributed by atoms with Gasteiger partial charge in [-0.1, -0.05) is 101 Å². The van der Waals surface area contributed by atoms with Crippen molar-refractivity contribution in [3.63, 3.8) is 0 Å². The largest absolute Gasteiger partial charge is 0.426 e. The Morgan fingerprint density at radius 1 is 0.889 bits per heavy atom. The van der Waals surface area contributed by atoms with Crippen LogP contribution in [-0.4, -0.2) is 5.97 Å². The Morgan fingerprint density at radius 2 is 1.61 bits per heavy atom. The molecule has 2 heteroatoms. The first-order valence-electron chi connectivity index (χ1n) is 15.3. The van der Waals surface area contributed by atoms with Gasteiger partial charge < -0.3 is 4.74 Å². The predicted molar refractivity (Wildman–Crippen MR) is 153 cm³/mol. The molecule has 1 unspecified atom stereocenters. The lowest BCUT2D eigenvalue weighted by Crippen LogP contribution is -2.22. The van der Waals surface area contributed by atoms with Crippen molar-refractivity contribution in [2.75, 3.05) is 0 Å². The van der Waals surface area contributed by atoms with Gasteiger partial charge in [0.1, 0.15) is 5.75 Å². The fourth-order valence-electron chi connectivity index (χ4n) is 6.11. The number of carbonyl (C=O) groups is 1. The van der Waals surface area contributed by atoms with E-state index in [1.165, 1.54) is 101 Å². The summed E-state index contributed by atoms with van der Waals surface area (Å²) < 4.78 is 5.75. The van der Waals surface area contributed by atoms with Crippen molar-refractivity contribution in [1.82, 2.24) is 0 Å². The normalized spacial score (nSPS) is 22.1. The lowest BCUT2D eigenvalue weighted by atomic mass is 9.78. The van der Waals surface area contributed by atoms with E-state index in [-0.39, 0.29) is 11.9 Å². The van der Waals surface area contributed by atoms with Gasteiger partial charge >= 0.3 is 5.97 Å². The number of allylic oxidation sites excluding steroid dienone is 3. The Morgan fingerprint density at radius 3 is 2.28 bits per heavy atom. The molecule has 0 N–H and O–H groups in total. The third kappa shape index (κ3) is 10.7. The lowest BCUT2D eigenvalue weighted by molar-refractivity contribution is -0.139. The summed E-state index contributed by atoms with van der Waals surface area (Å²) >= 11 is 0. The standard InChI is InChI=1S/C34H52O2/c1-3-5-7-8-9-11-13-29-20-24-32(25-21-29)34(35)36-33-26-22-31(23-27-33)19-18-30-16-14-28(15-17-30)12-10-6-4-2/h3,20,22-23,26-28,30,32H,1,4-19,21,24-25H2,2H3. The molecule has 1 fully saturated rings. The molecule has 1 saturated carbocycles. The molecular formula is C34H52O2. The van der Waals surface area contributed by atoms with Gasteiger partial charge in [0, 0.05) is 0 Å². The zero-order chi connectivity index (χ0) is 25.4. The first-order valence-corrected chi connectivity index (χ1v) is 15.3. The van der Waals surface area contributed by atoms with Crippen molar-refractivity contribution >= 4 is 5.97 Å². The van der Waals surface area contributed by atoms with Crippen LogP contribution in [-0.2, 0) is 11.2 Å². The van der Waals surface area contributed by atoms with Crippen molar-refractivity contribution in [3.05, 3.63) is 54.1 Å². The topological polar surface area (TPSA) is 26.3 Å². The number of carbonyl (C=O) groups excluding carboxylic acids is 1. The van der Waals surface area contributed by atoms with Gasteiger partial charge in [-0.15, -0.1) is 6.58 Å². The van der Waals surface area contributed by atoms with E-state index >= 15 is 0 Å². The van der Waals surface area contributed by atoms with Crippen LogP contribution in [0, 0.1) is 17.8 Å². The number of hydrogen-bond donors (Lipinski definition) is 0. The Labute approximate surface area is 222 Å². The summed E-state index contributed by atoms with van der Waals surface area (Å²) in [4.78, 5) is 12.7. The first kappa shape index (κ1) is 28.7. The Kier molecular flexibility index (Phi) is 13.4. The number of unbranched alkanes of at least 4 members (excludes halogenated alkanes) is 6. The molecule has 200 valence electrons. The highest BCUT2D eigenvalue weighted by atomic mass is 16.5. The third-order valence-electron chi connectivity index (χ3n) is 8.66. The zero-order valence-electron chi connectivity index (χ0n) is 23.2. The van der Waals surface area contributed by atoms with Gasteiger partial charge in [0.15, 0.2) is 0 Å². The van der Waals surface area contributed by atoms with Crippen molar-refractivity contribution in [2.45, 2.75) is 129 Å². The van der Waals surface area contributed by atoms with Gasteiger partial charge in [0.2, 0.25) is 0 Å². The smallest absolute Gasteiger partial charge is 0.314 e. The average Bonchev–Trinajstić information content (AvgIpc) is 2.91. The van der Waals surface area contributed by atoms with Crippen LogP contribution in [0.5, 0.6) is 5.75 Å². The number of benzene rings is 1. The van der Waals surface area contributed by atoms with E-state index in [2.05, 4.69) is 31.7 Å². The second-order valence-corrected chi connectivity index (χ2v) is 11.6. The molecule has 0 heterocycles. The van der Waals surface area contributed by atoms with E-state index in [9.17, 15) is 4.79 Å². The molecule has 2 nitrogen and oxygen atoms in total. The Hall–Kier alpha value is -1.83. The molecule has 36 heavy (non-hydrogen) atoms. The molecule has 2 aliphatic carbocycles. The number of rotatable bonds is 16. The average molecular weight is 493 g/mol. The van der Waals surface area contributed by atoms with Crippen molar-refractivity contribution < 1.29 is 9.53 Å². The Balaban J connectivity index is 1.30. The molecule has 0 amide bonds. The summed E-state index contributed by atoms with van der Waals surface area (Å²) in [7, 11) is 0. The summed E-state index contributed by atoms with van der Waals surface area (Å²) in [6.45, 7) is 6.09. The van der Waals surface area contributed by atoms with Crippen LogP contribution in [0.2, 0.25) is 0 Å². The third-order valence-corrected chi connectivity index (χ3v) is 8.66. The van der Waals surface area contributed by atoms with E-state index in [0.29, 0.717) is 5.75 Å². The summed E-state index contributed by atoms with van der Waals surface area (Å²) in [6.07, 6.45) is 28.4. The van der Waals surface area contributed by atoms with Gasteiger partial charge in [-0.25, -0.2) is 0 Å². The van der Waals surface area contributed by atoms with Crippen LogP contribution >= 0.6 is 0 Å². The quantitative estimate of drug-likeness (QED) is 0.0992. The summed E-state index contributed by atoms with van der Waals surface area (Å²) in [6, 6.07) is 8.31. The molecule has 1 aromatic rings. The first-order chi connectivity index (χ1) is 17.7. The van der Waals surface area contributed by atoms with Gasteiger partial charge in [0.25, 0.3) is 0 Å². The molecule has 1 atom stereocenters. The number of aryl methyl sites for hydroxylation is 1. The molecule has 0 radical (unpaired) electrons. The molecule has 2 aliphatic rings. The molecule has 3 rings (SSSR count). The SMILES string of the molecule is C=CCCCCCCC1=CCC(C(=O)Oc2ccc(CCC3CCC(CCCCC)CC3)cc2)CC1. The van der Waals surface area contributed by atoms with Gasteiger partial charge in [-0.2, -0.15) is 0 Å². The molecule has 1 aromatic carbocycles. The minimum Gasteiger partial charge on any atom is -0.426 e. The van der Waals surface area contributed by atoms with Crippen LogP contribution in [0.15, 0.2) is 48.6 Å². The van der Waals surface area contributed by atoms with Crippen LogP contribution in [0.4, 0.5) is 0 Å². The monoisotopic (exact) mass is 492 g/mol. The highest BCUT2D eigenvalue weighted by Crippen LogP contribution is 2.34. The fourth-order valence-corrected chi connectivity index (χ4v) is 6.11. The van der Waals surface area contributed by atoms with E-state index in [4.69, 9.17) is 4.74 Å². The minimum atomic E-state index is -0.0572. The second-order valence-electron chi connectivity index (χ2n) is 11.6. The molecule has 0 aromatic heterocycles. The minimum absolute atomic E-state index is 0.0121.